The molecule has 1 rings (SSSR count). The lowest BCUT2D eigenvalue weighted by Gasteiger charge is -2.24. The van der Waals surface area contributed by atoms with Gasteiger partial charge in [-0.15, -0.1) is 0 Å². The molecule has 8 nitrogen and oxygen atoms in total. The van der Waals surface area contributed by atoms with E-state index in [1.54, 1.807) is 0 Å². The van der Waals surface area contributed by atoms with Crippen molar-refractivity contribution in [2.45, 2.75) is 27.0 Å². The molecule has 0 aromatic carbocycles. The molecule has 1 amide bonds. The number of nitrogens with zero attached hydrogens (tertiary/aromatic N) is 3. The molecule has 18 heavy (non-hydrogen) atoms. The minimum Gasteiger partial charge on any atom is -0.442 e. The van der Waals surface area contributed by atoms with Gasteiger partial charge < -0.3 is 4.74 Å². The number of carbonyl (C=O) groups is 2. The van der Waals surface area contributed by atoms with E-state index < -0.39 is 23.0 Å². The third-order valence-electron chi connectivity index (χ3n) is 1.91. The number of carbonyl (C=O) groups excluding carboxylic acids is 2. The summed E-state index contributed by atoms with van der Waals surface area (Å²) >= 11 is 0.736. The zero-order valence-corrected chi connectivity index (χ0v) is 10.8. The van der Waals surface area contributed by atoms with Gasteiger partial charge in [0.2, 0.25) is 11.0 Å². The first-order valence-corrected chi connectivity index (χ1v) is 5.71. The Morgan fingerprint density at radius 3 is 2.56 bits per heavy atom. The fraction of sp³-hybridized carbons (Fsp3) is 0.444. The van der Waals surface area contributed by atoms with Crippen LogP contribution in [-0.2, 0) is 14.3 Å². The summed E-state index contributed by atoms with van der Waals surface area (Å²) in [6.45, 7) is 3.95. The molecular formula is C9H11N3O5S. The van der Waals surface area contributed by atoms with Gasteiger partial charge >= 0.3 is 11.0 Å². The number of hydrogen-bond donors (Lipinski definition) is 0. The normalized spacial score (nSPS) is 11.7. The number of hydrogen-bond acceptors (Lipinski definition) is 7. The summed E-state index contributed by atoms with van der Waals surface area (Å²) in [4.78, 5) is 37.1. The lowest BCUT2D eigenvalue weighted by Crippen LogP contribution is -2.39. The number of anilines is 1. The van der Waals surface area contributed by atoms with Gasteiger partial charge in [-0.3, -0.25) is 24.6 Å². The molecule has 0 fully saturated rings. The number of esters is 1. The number of nitro groups is 1. The van der Waals surface area contributed by atoms with Crippen LogP contribution in [0, 0.1) is 10.1 Å². The van der Waals surface area contributed by atoms with E-state index in [-0.39, 0.29) is 10.1 Å². The molecule has 0 N–H and O–H groups in total. The van der Waals surface area contributed by atoms with Crippen molar-refractivity contribution in [3.8, 4) is 0 Å². The Kier molecular flexibility index (Phi) is 4.32. The first kappa shape index (κ1) is 14.0. The fourth-order valence-electron chi connectivity index (χ4n) is 1.29. The van der Waals surface area contributed by atoms with Crippen LogP contribution in [0.4, 0.5) is 10.1 Å². The second kappa shape index (κ2) is 5.54. The Hall–Kier alpha value is -2.03. The van der Waals surface area contributed by atoms with Crippen LogP contribution in [0.25, 0.3) is 0 Å². The maximum absolute atomic E-state index is 11.5. The molecule has 9 heteroatoms. The van der Waals surface area contributed by atoms with Crippen molar-refractivity contribution in [3.63, 3.8) is 0 Å². The van der Waals surface area contributed by atoms with Crippen LogP contribution in [0.3, 0.4) is 0 Å². The summed E-state index contributed by atoms with van der Waals surface area (Å²) in [7, 11) is 0. The molecule has 0 spiro atoms. The monoisotopic (exact) mass is 273 g/mol. The highest BCUT2D eigenvalue weighted by Crippen LogP contribution is 2.29. The van der Waals surface area contributed by atoms with Gasteiger partial charge in [0.1, 0.15) is 6.20 Å². The highest BCUT2D eigenvalue weighted by atomic mass is 32.1. The Labute approximate surface area is 106 Å². The average molecular weight is 273 g/mol. The molecule has 1 heterocycles. The highest BCUT2D eigenvalue weighted by molar-refractivity contribution is 7.18. The van der Waals surface area contributed by atoms with Crippen molar-refractivity contribution >= 4 is 33.3 Å². The summed E-state index contributed by atoms with van der Waals surface area (Å²) in [5.74, 6) is -0.979. The Morgan fingerprint density at radius 2 is 2.17 bits per heavy atom. The topological polar surface area (TPSA) is 103 Å². The number of aromatic nitrogens is 1. The van der Waals surface area contributed by atoms with Gasteiger partial charge in [0, 0.05) is 13.8 Å². The quantitative estimate of drug-likeness (QED) is 0.354. The maximum Gasteiger partial charge on any atom is 0.345 e. The van der Waals surface area contributed by atoms with E-state index in [0.29, 0.717) is 0 Å². The molecule has 1 aromatic rings. The second-order valence-corrected chi connectivity index (χ2v) is 4.32. The maximum atomic E-state index is 11.5. The molecule has 0 aliphatic heterocycles. The number of thiazole rings is 1. The standard InChI is InChI=1S/C9H11N3O5S/c1-5(13)11(6(2)17-7(3)14)9-10-4-8(18-9)12(15)16/h4,6H,1-3H3/t6-/m1/s1. The van der Waals surface area contributed by atoms with Crippen LogP contribution in [0.5, 0.6) is 0 Å². The smallest absolute Gasteiger partial charge is 0.345 e. The van der Waals surface area contributed by atoms with Gasteiger partial charge in [-0.2, -0.15) is 0 Å². The van der Waals surface area contributed by atoms with Crippen LogP contribution in [0.2, 0.25) is 0 Å². The van der Waals surface area contributed by atoms with Crippen LogP contribution in [-0.4, -0.2) is 28.0 Å². The van der Waals surface area contributed by atoms with Crippen LogP contribution in [0.15, 0.2) is 6.20 Å². The van der Waals surface area contributed by atoms with Crippen molar-refractivity contribution in [1.82, 2.24) is 4.98 Å². The van der Waals surface area contributed by atoms with E-state index >= 15 is 0 Å². The van der Waals surface area contributed by atoms with E-state index in [2.05, 4.69) is 4.98 Å². The molecule has 0 aliphatic rings. The molecule has 0 unspecified atom stereocenters. The molecule has 0 aliphatic carbocycles. The first-order valence-electron chi connectivity index (χ1n) is 4.90. The molecule has 1 atom stereocenters. The predicted octanol–water partition coefficient (Wildman–Crippen LogP) is 1.31. The molecule has 0 radical (unpaired) electrons. The molecule has 1 aromatic heterocycles. The first-order chi connectivity index (χ1) is 8.32. The van der Waals surface area contributed by atoms with Gasteiger partial charge in [-0.25, -0.2) is 4.98 Å². The van der Waals surface area contributed by atoms with Gasteiger partial charge in [0.05, 0.1) is 4.92 Å². The van der Waals surface area contributed by atoms with Gasteiger partial charge in [0.15, 0.2) is 6.23 Å². The summed E-state index contributed by atoms with van der Waals surface area (Å²) in [6.07, 6.45) is 0.182. The van der Waals surface area contributed by atoms with E-state index in [9.17, 15) is 19.7 Å². The second-order valence-electron chi connectivity index (χ2n) is 3.34. The minimum absolute atomic E-state index is 0.114. The molecular weight excluding hydrogens is 262 g/mol. The SMILES string of the molecule is CC(=O)O[C@H](C)N(C(C)=O)c1ncc([N+](=O)[O-])s1. The van der Waals surface area contributed by atoms with E-state index in [1.807, 2.05) is 0 Å². The molecule has 0 saturated heterocycles. The lowest BCUT2D eigenvalue weighted by atomic mass is 10.5. The van der Waals surface area contributed by atoms with Crippen molar-refractivity contribution in [1.29, 1.82) is 0 Å². The third kappa shape index (κ3) is 3.23. The molecule has 98 valence electrons. The van der Waals surface area contributed by atoms with Crippen molar-refractivity contribution < 1.29 is 19.2 Å². The minimum atomic E-state index is -0.870. The number of amides is 1. The molecule has 0 saturated carbocycles. The Balaban J connectivity index is 3.00. The van der Waals surface area contributed by atoms with Gasteiger partial charge in [-0.1, -0.05) is 0 Å². The van der Waals surface area contributed by atoms with Crippen molar-refractivity contribution in [2.75, 3.05) is 4.90 Å². The largest absolute Gasteiger partial charge is 0.442 e. The molecule has 0 bridgehead atoms. The zero-order valence-electron chi connectivity index (χ0n) is 9.95. The van der Waals surface area contributed by atoms with Crippen LogP contribution in [0.1, 0.15) is 20.8 Å². The number of ether oxygens (including phenoxy) is 1. The third-order valence-corrected chi connectivity index (χ3v) is 2.85. The lowest BCUT2D eigenvalue weighted by molar-refractivity contribution is -0.380. The average Bonchev–Trinajstić information content (AvgIpc) is 2.64. The van der Waals surface area contributed by atoms with E-state index in [0.717, 1.165) is 22.4 Å². The fourth-order valence-corrected chi connectivity index (χ4v) is 2.14. The van der Waals surface area contributed by atoms with Crippen molar-refractivity contribution in [3.05, 3.63) is 16.3 Å². The van der Waals surface area contributed by atoms with Gasteiger partial charge in [0.25, 0.3) is 0 Å². The highest BCUT2D eigenvalue weighted by Gasteiger charge is 2.26. The summed E-state index contributed by atoms with van der Waals surface area (Å²) in [6, 6.07) is 0. The Morgan fingerprint density at radius 1 is 1.56 bits per heavy atom. The Bertz CT molecular complexity index is 486. The van der Waals surface area contributed by atoms with Gasteiger partial charge in [-0.05, 0) is 18.3 Å². The van der Waals surface area contributed by atoms with E-state index in [1.165, 1.54) is 20.8 Å². The number of rotatable bonds is 4. The van der Waals surface area contributed by atoms with E-state index in [4.69, 9.17) is 4.74 Å². The van der Waals surface area contributed by atoms with Crippen LogP contribution >= 0.6 is 11.3 Å². The summed E-state index contributed by atoms with van der Waals surface area (Å²) in [5.41, 5.74) is 0. The summed E-state index contributed by atoms with van der Waals surface area (Å²) < 4.78 is 4.86. The van der Waals surface area contributed by atoms with Crippen LogP contribution < -0.4 is 4.90 Å². The zero-order chi connectivity index (χ0) is 13.9. The summed E-state index contributed by atoms with van der Waals surface area (Å²) in [5, 5.41) is 10.5. The van der Waals surface area contributed by atoms with Crippen molar-refractivity contribution in [2.24, 2.45) is 0 Å². The predicted molar refractivity (Wildman–Crippen MR) is 63.2 cm³/mol.